The zero-order chi connectivity index (χ0) is 9.14. The fraction of sp³-hybridized carbons (Fsp3) is 0.333. The summed E-state index contributed by atoms with van der Waals surface area (Å²) in [6, 6.07) is 6.08. The highest BCUT2D eigenvalue weighted by molar-refractivity contribution is 14.1. The Morgan fingerprint density at radius 1 is 1.50 bits per heavy atom. The summed E-state index contributed by atoms with van der Waals surface area (Å²) < 4.78 is 6.28. The van der Waals surface area contributed by atoms with Gasteiger partial charge in [-0.1, -0.05) is 6.07 Å². The number of benzene rings is 1. The number of ether oxygens (including phenoxy) is 1. The molecule has 0 aliphatic carbocycles. The molecule has 0 saturated heterocycles. The minimum absolute atomic E-state index is 0.0656. The molecule has 0 saturated carbocycles. The Morgan fingerprint density at radius 2 is 2.17 bits per heavy atom. The van der Waals surface area contributed by atoms with Crippen LogP contribution in [-0.4, -0.2) is 7.11 Å². The predicted octanol–water partition coefficient (Wildman–Crippen LogP) is 2.32. The van der Waals surface area contributed by atoms with E-state index in [9.17, 15) is 0 Å². The summed E-state index contributed by atoms with van der Waals surface area (Å²) >= 11 is 2.23. The van der Waals surface area contributed by atoms with Gasteiger partial charge >= 0.3 is 0 Å². The van der Waals surface area contributed by atoms with Gasteiger partial charge in [0.05, 0.1) is 10.7 Å². The first kappa shape index (κ1) is 9.80. The number of hydrogen-bond acceptors (Lipinski definition) is 2. The van der Waals surface area contributed by atoms with Gasteiger partial charge < -0.3 is 10.5 Å². The molecular formula is C9H12INO. The molecule has 12 heavy (non-hydrogen) atoms. The van der Waals surface area contributed by atoms with Crippen molar-refractivity contribution in [3.8, 4) is 5.75 Å². The van der Waals surface area contributed by atoms with E-state index < -0.39 is 0 Å². The van der Waals surface area contributed by atoms with E-state index in [1.807, 2.05) is 25.1 Å². The van der Waals surface area contributed by atoms with Crippen molar-refractivity contribution in [1.29, 1.82) is 0 Å². The third-order valence-electron chi connectivity index (χ3n) is 1.70. The zero-order valence-corrected chi connectivity index (χ0v) is 9.33. The van der Waals surface area contributed by atoms with Crippen molar-refractivity contribution < 1.29 is 4.74 Å². The Morgan fingerprint density at radius 3 is 2.67 bits per heavy atom. The van der Waals surface area contributed by atoms with Crippen LogP contribution in [0.3, 0.4) is 0 Å². The maximum atomic E-state index is 5.73. The lowest BCUT2D eigenvalue weighted by Crippen LogP contribution is -2.05. The molecule has 0 heterocycles. The molecule has 0 aromatic heterocycles. The van der Waals surface area contributed by atoms with Crippen molar-refractivity contribution in [2.75, 3.05) is 7.11 Å². The second-order valence-corrected chi connectivity index (χ2v) is 3.84. The molecule has 0 aliphatic heterocycles. The molecule has 1 aromatic rings. The van der Waals surface area contributed by atoms with E-state index in [2.05, 4.69) is 22.6 Å². The SMILES string of the molecule is COc1cc(C(C)N)ccc1I. The van der Waals surface area contributed by atoms with Crippen LogP contribution in [0.1, 0.15) is 18.5 Å². The van der Waals surface area contributed by atoms with Crippen molar-refractivity contribution in [3.63, 3.8) is 0 Å². The van der Waals surface area contributed by atoms with Crippen LogP contribution in [0.15, 0.2) is 18.2 Å². The molecule has 0 aliphatic rings. The summed E-state index contributed by atoms with van der Waals surface area (Å²) in [4.78, 5) is 0. The largest absolute Gasteiger partial charge is 0.496 e. The first-order valence-electron chi connectivity index (χ1n) is 3.74. The van der Waals surface area contributed by atoms with Crippen LogP contribution in [0.2, 0.25) is 0 Å². The van der Waals surface area contributed by atoms with E-state index in [0.29, 0.717) is 0 Å². The van der Waals surface area contributed by atoms with Crippen molar-refractivity contribution >= 4 is 22.6 Å². The molecule has 0 fully saturated rings. The summed E-state index contributed by atoms with van der Waals surface area (Å²) in [7, 11) is 1.67. The Bertz CT molecular complexity index is 273. The zero-order valence-electron chi connectivity index (χ0n) is 7.17. The molecule has 2 nitrogen and oxygen atoms in total. The van der Waals surface area contributed by atoms with E-state index in [1.54, 1.807) is 7.11 Å². The smallest absolute Gasteiger partial charge is 0.132 e. The van der Waals surface area contributed by atoms with Gasteiger partial charge in [0.15, 0.2) is 0 Å². The van der Waals surface area contributed by atoms with Gasteiger partial charge in [-0.3, -0.25) is 0 Å². The predicted molar refractivity (Wildman–Crippen MR) is 58.3 cm³/mol. The van der Waals surface area contributed by atoms with Crippen LogP contribution in [0.4, 0.5) is 0 Å². The second kappa shape index (κ2) is 4.09. The van der Waals surface area contributed by atoms with Gasteiger partial charge in [-0.15, -0.1) is 0 Å². The average molecular weight is 277 g/mol. The number of nitrogens with two attached hydrogens (primary N) is 1. The minimum Gasteiger partial charge on any atom is -0.496 e. The lowest BCUT2D eigenvalue weighted by molar-refractivity contribution is 0.411. The van der Waals surface area contributed by atoms with Crippen LogP contribution in [0, 0.1) is 3.57 Å². The third-order valence-corrected chi connectivity index (χ3v) is 2.59. The maximum absolute atomic E-state index is 5.73. The molecule has 0 amide bonds. The quantitative estimate of drug-likeness (QED) is 0.842. The molecule has 0 radical (unpaired) electrons. The van der Waals surface area contributed by atoms with Crippen LogP contribution >= 0.6 is 22.6 Å². The molecule has 1 rings (SSSR count). The fourth-order valence-corrected chi connectivity index (χ4v) is 1.52. The highest BCUT2D eigenvalue weighted by Gasteiger charge is 2.03. The summed E-state index contributed by atoms with van der Waals surface area (Å²) in [5.41, 5.74) is 6.83. The lowest BCUT2D eigenvalue weighted by atomic mass is 10.1. The molecule has 1 unspecified atom stereocenters. The Kier molecular flexibility index (Phi) is 3.34. The molecule has 3 heteroatoms. The van der Waals surface area contributed by atoms with Gasteiger partial charge in [-0.25, -0.2) is 0 Å². The molecular weight excluding hydrogens is 265 g/mol. The molecule has 0 bridgehead atoms. The Labute approximate surface area is 86.2 Å². The molecule has 2 N–H and O–H groups in total. The molecule has 1 aromatic carbocycles. The Balaban J connectivity index is 3.05. The van der Waals surface area contributed by atoms with Gasteiger partial charge in [0, 0.05) is 6.04 Å². The summed E-state index contributed by atoms with van der Waals surface area (Å²) in [6.07, 6.45) is 0. The molecule has 1 atom stereocenters. The van der Waals surface area contributed by atoms with Gasteiger partial charge in [-0.2, -0.15) is 0 Å². The van der Waals surface area contributed by atoms with Crippen molar-refractivity contribution in [3.05, 3.63) is 27.3 Å². The summed E-state index contributed by atoms with van der Waals surface area (Å²) in [5.74, 6) is 0.894. The van der Waals surface area contributed by atoms with Crippen molar-refractivity contribution in [2.45, 2.75) is 13.0 Å². The highest BCUT2D eigenvalue weighted by Crippen LogP contribution is 2.23. The Hall–Kier alpha value is -0.290. The lowest BCUT2D eigenvalue weighted by Gasteiger charge is -2.08. The first-order valence-corrected chi connectivity index (χ1v) is 4.82. The number of rotatable bonds is 2. The van der Waals surface area contributed by atoms with E-state index in [0.717, 1.165) is 14.9 Å². The maximum Gasteiger partial charge on any atom is 0.132 e. The van der Waals surface area contributed by atoms with Crippen LogP contribution in [-0.2, 0) is 0 Å². The van der Waals surface area contributed by atoms with Crippen LogP contribution in [0.25, 0.3) is 0 Å². The first-order chi connectivity index (χ1) is 5.65. The molecule has 0 spiro atoms. The molecule has 66 valence electrons. The van der Waals surface area contributed by atoms with Crippen molar-refractivity contribution in [1.82, 2.24) is 0 Å². The van der Waals surface area contributed by atoms with Crippen LogP contribution in [0.5, 0.6) is 5.75 Å². The van der Waals surface area contributed by atoms with Gasteiger partial charge in [-0.05, 0) is 47.2 Å². The average Bonchev–Trinajstić information content (AvgIpc) is 2.05. The fourth-order valence-electron chi connectivity index (χ4n) is 0.960. The summed E-state index contributed by atoms with van der Waals surface area (Å²) in [6.45, 7) is 1.96. The van der Waals surface area contributed by atoms with Gasteiger partial charge in [0.1, 0.15) is 5.75 Å². The third kappa shape index (κ3) is 2.10. The van der Waals surface area contributed by atoms with Gasteiger partial charge in [0.25, 0.3) is 0 Å². The van der Waals surface area contributed by atoms with E-state index in [1.165, 1.54) is 0 Å². The normalized spacial score (nSPS) is 12.7. The van der Waals surface area contributed by atoms with E-state index in [4.69, 9.17) is 10.5 Å². The summed E-state index contributed by atoms with van der Waals surface area (Å²) in [5, 5.41) is 0. The van der Waals surface area contributed by atoms with Gasteiger partial charge in [0.2, 0.25) is 0 Å². The van der Waals surface area contributed by atoms with E-state index >= 15 is 0 Å². The number of methoxy groups -OCH3 is 1. The minimum atomic E-state index is 0.0656. The van der Waals surface area contributed by atoms with Crippen molar-refractivity contribution in [2.24, 2.45) is 5.73 Å². The van der Waals surface area contributed by atoms with E-state index in [-0.39, 0.29) is 6.04 Å². The number of hydrogen-bond donors (Lipinski definition) is 1. The van der Waals surface area contributed by atoms with Crippen LogP contribution < -0.4 is 10.5 Å². The second-order valence-electron chi connectivity index (χ2n) is 2.68. The standard InChI is InChI=1S/C9H12INO/c1-6(11)7-3-4-8(10)9(5-7)12-2/h3-6H,11H2,1-2H3. The highest BCUT2D eigenvalue weighted by atomic mass is 127. The topological polar surface area (TPSA) is 35.2 Å². The number of halogens is 1. The monoisotopic (exact) mass is 277 g/mol.